The molecule has 0 N–H and O–H groups in total. The predicted molar refractivity (Wildman–Crippen MR) is 62.6 cm³/mol. The number of hydrogen-bond donors (Lipinski definition) is 0. The van der Waals surface area contributed by atoms with Gasteiger partial charge in [-0.1, -0.05) is 28.8 Å². The van der Waals surface area contributed by atoms with Gasteiger partial charge < -0.3 is 4.90 Å². The molecule has 0 atom stereocenters. The van der Waals surface area contributed by atoms with E-state index < -0.39 is 0 Å². The van der Waals surface area contributed by atoms with Crippen LogP contribution in [0.2, 0.25) is 0 Å². The minimum atomic E-state index is 1.11. The summed E-state index contributed by atoms with van der Waals surface area (Å²) in [5.74, 6) is 1.11. The van der Waals surface area contributed by atoms with E-state index in [1.165, 1.54) is 25.7 Å². The molecule has 0 unspecified atom stereocenters. The normalized spacial score (nSPS) is 17.9. The molecule has 3 heteroatoms. The van der Waals surface area contributed by atoms with Gasteiger partial charge in [0, 0.05) is 23.8 Å². The molecule has 2 heterocycles. The van der Waals surface area contributed by atoms with Crippen LogP contribution in [-0.2, 0) is 0 Å². The van der Waals surface area contributed by atoms with Crippen molar-refractivity contribution in [2.75, 3.05) is 18.0 Å². The maximum atomic E-state index is 4.40. The van der Waals surface area contributed by atoms with Crippen LogP contribution < -0.4 is 4.90 Å². The van der Waals surface area contributed by atoms with E-state index in [0.29, 0.717) is 0 Å². The monoisotopic (exact) mass is 254 g/mol. The summed E-state index contributed by atoms with van der Waals surface area (Å²) in [7, 11) is 0. The lowest BCUT2D eigenvalue weighted by atomic mass is 10.2. The number of halogens is 1. The highest BCUT2D eigenvalue weighted by Gasteiger charge is 2.10. The van der Waals surface area contributed by atoms with E-state index in [-0.39, 0.29) is 0 Å². The van der Waals surface area contributed by atoms with Crippen molar-refractivity contribution in [2.45, 2.75) is 25.7 Å². The van der Waals surface area contributed by atoms with Crippen LogP contribution in [0.15, 0.2) is 22.8 Å². The second-order valence-corrected chi connectivity index (χ2v) is 4.65. The summed E-state index contributed by atoms with van der Waals surface area (Å²) >= 11 is 3.48. The first-order valence-electron chi connectivity index (χ1n) is 5.23. The van der Waals surface area contributed by atoms with Crippen LogP contribution in [0, 0.1) is 0 Å². The molecule has 0 saturated carbocycles. The number of rotatable bonds is 1. The highest BCUT2D eigenvalue weighted by molar-refractivity contribution is 9.10. The number of nitrogens with zero attached hydrogens (tertiary/aromatic N) is 2. The lowest BCUT2D eigenvalue weighted by molar-refractivity contribution is 0.726. The number of anilines is 1. The Balaban J connectivity index is 2.12. The van der Waals surface area contributed by atoms with Gasteiger partial charge >= 0.3 is 0 Å². The molecule has 0 bridgehead atoms. The highest BCUT2D eigenvalue weighted by atomic mass is 79.9. The molecule has 0 aromatic carbocycles. The molecule has 1 saturated heterocycles. The Hall–Kier alpha value is -0.570. The summed E-state index contributed by atoms with van der Waals surface area (Å²) in [5.41, 5.74) is 0. The fourth-order valence-corrected chi connectivity index (χ4v) is 2.19. The van der Waals surface area contributed by atoms with E-state index in [1.807, 2.05) is 12.3 Å². The Morgan fingerprint density at radius 1 is 1.14 bits per heavy atom. The molecule has 2 rings (SSSR count). The Morgan fingerprint density at radius 3 is 2.50 bits per heavy atom. The van der Waals surface area contributed by atoms with Crippen LogP contribution >= 0.6 is 15.9 Å². The van der Waals surface area contributed by atoms with Gasteiger partial charge in [0.15, 0.2) is 0 Å². The van der Waals surface area contributed by atoms with Gasteiger partial charge in [-0.3, -0.25) is 0 Å². The molecule has 1 aromatic rings. The Morgan fingerprint density at radius 2 is 1.86 bits per heavy atom. The van der Waals surface area contributed by atoms with Gasteiger partial charge in [0.25, 0.3) is 0 Å². The summed E-state index contributed by atoms with van der Waals surface area (Å²) < 4.78 is 1.12. The van der Waals surface area contributed by atoms with E-state index in [2.05, 4.69) is 31.9 Å². The van der Waals surface area contributed by atoms with Gasteiger partial charge in [-0.15, -0.1) is 0 Å². The first-order valence-corrected chi connectivity index (χ1v) is 6.02. The van der Waals surface area contributed by atoms with Crippen LogP contribution in [0.1, 0.15) is 25.7 Å². The molecule has 0 aliphatic carbocycles. The summed E-state index contributed by atoms with van der Waals surface area (Å²) in [6.07, 6.45) is 7.20. The predicted octanol–water partition coefficient (Wildman–Crippen LogP) is 3.22. The van der Waals surface area contributed by atoms with Crippen molar-refractivity contribution in [1.82, 2.24) is 4.98 Å². The van der Waals surface area contributed by atoms with Crippen molar-refractivity contribution in [1.29, 1.82) is 0 Å². The topological polar surface area (TPSA) is 16.1 Å². The third-order valence-electron chi connectivity index (χ3n) is 2.64. The summed E-state index contributed by atoms with van der Waals surface area (Å²) in [6, 6.07) is 4.08. The van der Waals surface area contributed by atoms with Crippen molar-refractivity contribution in [3.63, 3.8) is 0 Å². The Labute approximate surface area is 93.5 Å². The highest BCUT2D eigenvalue weighted by Crippen LogP contribution is 2.20. The second-order valence-electron chi connectivity index (χ2n) is 3.73. The van der Waals surface area contributed by atoms with Crippen LogP contribution in [0.4, 0.5) is 5.82 Å². The number of aromatic nitrogens is 1. The quantitative estimate of drug-likeness (QED) is 0.765. The minimum absolute atomic E-state index is 1.11. The van der Waals surface area contributed by atoms with Crippen molar-refractivity contribution in [2.24, 2.45) is 0 Å². The molecule has 0 amide bonds. The first-order chi connectivity index (χ1) is 6.86. The maximum absolute atomic E-state index is 4.40. The van der Waals surface area contributed by atoms with E-state index in [4.69, 9.17) is 0 Å². The van der Waals surface area contributed by atoms with Gasteiger partial charge in [-0.25, -0.2) is 4.98 Å². The van der Waals surface area contributed by atoms with Crippen molar-refractivity contribution < 1.29 is 0 Å². The van der Waals surface area contributed by atoms with E-state index >= 15 is 0 Å². The van der Waals surface area contributed by atoms with Crippen LogP contribution in [-0.4, -0.2) is 18.1 Å². The average Bonchev–Trinajstić information content (AvgIpc) is 2.45. The molecular weight excluding hydrogens is 240 g/mol. The third-order valence-corrected chi connectivity index (χ3v) is 3.13. The molecule has 76 valence electrons. The molecule has 1 aromatic heterocycles. The lowest BCUT2D eigenvalue weighted by Gasteiger charge is -2.21. The summed E-state index contributed by atoms with van der Waals surface area (Å²) in [6.45, 7) is 2.31. The fraction of sp³-hybridized carbons (Fsp3) is 0.545. The third kappa shape index (κ3) is 2.47. The van der Waals surface area contributed by atoms with Crippen LogP contribution in [0.3, 0.4) is 0 Å². The van der Waals surface area contributed by atoms with E-state index in [0.717, 1.165) is 23.4 Å². The molecule has 0 spiro atoms. The zero-order chi connectivity index (χ0) is 9.80. The minimum Gasteiger partial charge on any atom is -0.357 e. The van der Waals surface area contributed by atoms with Gasteiger partial charge in [0.1, 0.15) is 5.82 Å². The maximum Gasteiger partial charge on any atom is 0.129 e. The van der Waals surface area contributed by atoms with Crippen LogP contribution in [0.25, 0.3) is 0 Å². The molecule has 0 radical (unpaired) electrons. The number of pyridine rings is 1. The zero-order valence-electron chi connectivity index (χ0n) is 8.25. The zero-order valence-corrected chi connectivity index (χ0v) is 9.83. The molecule has 14 heavy (non-hydrogen) atoms. The van der Waals surface area contributed by atoms with Gasteiger partial charge in [0.05, 0.1) is 0 Å². The fourth-order valence-electron chi connectivity index (χ4n) is 1.87. The molecular formula is C11H15BrN2. The molecule has 1 fully saturated rings. The Kier molecular flexibility index (Phi) is 3.40. The van der Waals surface area contributed by atoms with Gasteiger partial charge in [-0.2, -0.15) is 0 Å². The molecule has 1 aliphatic rings. The SMILES string of the molecule is Brc1ccnc(N2CCCCCC2)c1. The first kappa shape index (κ1) is 9.97. The average molecular weight is 255 g/mol. The summed E-state index contributed by atoms with van der Waals surface area (Å²) in [5, 5.41) is 0. The van der Waals surface area contributed by atoms with Crippen molar-refractivity contribution in [3.05, 3.63) is 22.8 Å². The van der Waals surface area contributed by atoms with Gasteiger partial charge in [-0.05, 0) is 25.0 Å². The second kappa shape index (κ2) is 4.78. The Bertz CT molecular complexity index is 293. The van der Waals surface area contributed by atoms with Gasteiger partial charge in [0.2, 0.25) is 0 Å². The standard InChI is InChI=1S/C11H15BrN2/c12-10-5-6-13-11(9-10)14-7-3-1-2-4-8-14/h5-6,9H,1-4,7-8H2. The molecule has 2 nitrogen and oxygen atoms in total. The van der Waals surface area contributed by atoms with Crippen molar-refractivity contribution in [3.8, 4) is 0 Å². The summed E-state index contributed by atoms with van der Waals surface area (Å²) in [4.78, 5) is 6.79. The lowest BCUT2D eigenvalue weighted by Crippen LogP contribution is -2.24. The molecule has 1 aliphatic heterocycles. The van der Waals surface area contributed by atoms with E-state index in [9.17, 15) is 0 Å². The number of hydrogen-bond acceptors (Lipinski definition) is 2. The van der Waals surface area contributed by atoms with E-state index in [1.54, 1.807) is 0 Å². The van der Waals surface area contributed by atoms with Crippen LogP contribution in [0.5, 0.6) is 0 Å². The largest absolute Gasteiger partial charge is 0.357 e. The van der Waals surface area contributed by atoms with Crippen molar-refractivity contribution >= 4 is 21.7 Å². The smallest absolute Gasteiger partial charge is 0.129 e.